The van der Waals surface area contributed by atoms with Crippen LogP contribution < -0.4 is 5.32 Å². The lowest BCUT2D eigenvalue weighted by atomic mass is 10.1. The average Bonchev–Trinajstić information content (AvgIpc) is 2.41. The Bertz CT molecular complexity index is 529. The zero-order valence-corrected chi connectivity index (χ0v) is 12.8. The smallest absolute Gasteiger partial charge is 0.407 e. The number of hydrogen-bond acceptors (Lipinski definition) is 4. The van der Waals surface area contributed by atoms with Gasteiger partial charge in [-0.25, -0.2) is 9.59 Å². The zero-order chi connectivity index (χ0) is 15.9. The first-order valence-corrected chi connectivity index (χ1v) is 6.64. The van der Waals surface area contributed by atoms with Gasteiger partial charge in [0, 0.05) is 6.54 Å². The number of esters is 1. The molecular weight excluding hydrogens is 270 g/mol. The predicted octanol–water partition coefficient (Wildman–Crippen LogP) is 3.01. The average molecular weight is 291 g/mol. The van der Waals surface area contributed by atoms with Gasteiger partial charge in [-0.1, -0.05) is 30.4 Å². The summed E-state index contributed by atoms with van der Waals surface area (Å²) in [4.78, 5) is 23.0. The summed E-state index contributed by atoms with van der Waals surface area (Å²) >= 11 is 0. The van der Waals surface area contributed by atoms with Crippen LogP contribution in [0.25, 0.3) is 6.08 Å². The van der Waals surface area contributed by atoms with E-state index in [-0.39, 0.29) is 0 Å². The third kappa shape index (κ3) is 6.12. The van der Waals surface area contributed by atoms with Crippen molar-refractivity contribution in [1.29, 1.82) is 0 Å². The predicted molar refractivity (Wildman–Crippen MR) is 81.1 cm³/mol. The minimum absolute atomic E-state index is 0.310. The fourth-order valence-corrected chi connectivity index (χ4v) is 1.58. The third-order valence-electron chi connectivity index (χ3n) is 2.43. The van der Waals surface area contributed by atoms with Gasteiger partial charge >= 0.3 is 12.1 Å². The lowest BCUT2D eigenvalue weighted by molar-refractivity contribution is 0.0532. The van der Waals surface area contributed by atoms with E-state index in [2.05, 4.69) is 5.32 Å². The number of methoxy groups -OCH3 is 1. The van der Waals surface area contributed by atoms with Crippen LogP contribution >= 0.6 is 0 Å². The molecule has 0 heterocycles. The van der Waals surface area contributed by atoms with E-state index in [9.17, 15) is 9.59 Å². The Balaban J connectivity index is 2.58. The van der Waals surface area contributed by atoms with E-state index in [0.29, 0.717) is 12.1 Å². The second-order valence-corrected chi connectivity index (χ2v) is 5.36. The van der Waals surface area contributed by atoms with Crippen molar-refractivity contribution >= 4 is 18.1 Å². The van der Waals surface area contributed by atoms with Gasteiger partial charge in [-0.3, -0.25) is 0 Å². The highest BCUT2D eigenvalue weighted by Crippen LogP contribution is 2.11. The van der Waals surface area contributed by atoms with E-state index in [0.717, 1.165) is 5.56 Å². The van der Waals surface area contributed by atoms with Gasteiger partial charge in [0.15, 0.2) is 0 Å². The molecule has 0 fully saturated rings. The first-order valence-electron chi connectivity index (χ1n) is 6.64. The summed E-state index contributed by atoms with van der Waals surface area (Å²) in [6.45, 7) is 5.71. The van der Waals surface area contributed by atoms with Crippen molar-refractivity contribution in [1.82, 2.24) is 5.32 Å². The van der Waals surface area contributed by atoms with Crippen molar-refractivity contribution < 1.29 is 19.1 Å². The van der Waals surface area contributed by atoms with Crippen LogP contribution in [0.5, 0.6) is 0 Å². The van der Waals surface area contributed by atoms with Crippen molar-refractivity contribution in [2.45, 2.75) is 26.4 Å². The summed E-state index contributed by atoms with van der Waals surface area (Å²) in [5.74, 6) is -0.393. The van der Waals surface area contributed by atoms with E-state index < -0.39 is 17.7 Å². The maximum Gasteiger partial charge on any atom is 0.407 e. The highest BCUT2D eigenvalue weighted by molar-refractivity contribution is 5.93. The molecule has 1 N–H and O–H groups in total. The SMILES string of the molecule is COC(=O)c1ccccc1C=CCNC(=O)OC(C)(C)C. The van der Waals surface area contributed by atoms with Crippen LogP contribution in [0.3, 0.4) is 0 Å². The topological polar surface area (TPSA) is 64.6 Å². The molecule has 0 aliphatic rings. The largest absolute Gasteiger partial charge is 0.465 e. The van der Waals surface area contributed by atoms with E-state index in [4.69, 9.17) is 9.47 Å². The molecule has 0 aliphatic heterocycles. The molecule has 0 unspecified atom stereocenters. The maximum atomic E-state index is 11.6. The number of ether oxygens (including phenoxy) is 2. The Morgan fingerprint density at radius 3 is 2.52 bits per heavy atom. The number of hydrogen-bond donors (Lipinski definition) is 1. The molecule has 0 atom stereocenters. The molecule has 0 bridgehead atoms. The van der Waals surface area contributed by atoms with E-state index in [1.165, 1.54) is 7.11 Å². The molecule has 1 amide bonds. The Morgan fingerprint density at radius 1 is 1.24 bits per heavy atom. The number of alkyl carbamates (subject to hydrolysis) is 1. The van der Waals surface area contributed by atoms with Gasteiger partial charge in [0.1, 0.15) is 5.60 Å². The lowest BCUT2D eigenvalue weighted by Crippen LogP contribution is -2.32. The summed E-state index contributed by atoms with van der Waals surface area (Å²) in [6, 6.07) is 7.08. The molecule has 0 saturated carbocycles. The van der Waals surface area contributed by atoms with Crippen LogP contribution in [0.15, 0.2) is 30.3 Å². The first-order chi connectivity index (χ1) is 9.83. The highest BCUT2D eigenvalue weighted by Gasteiger charge is 2.15. The molecule has 5 nitrogen and oxygen atoms in total. The molecule has 0 spiro atoms. The zero-order valence-electron chi connectivity index (χ0n) is 12.8. The summed E-state index contributed by atoms with van der Waals surface area (Å²) in [5.41, 5.74) is 0.689. The molecule has 114 valence electrons. The van der Waals surface area contributed by atoms with Crippen LogP contribution in [-0.2, 0) is 9.47 Å². The van der Waals surface area contributed by atoms with Gasteiger partial charge in [0.2, 0.25) is 0 Å². The van der Waals surface area contributed by atoms with Gasteiger partial charge < -0.3 is 14.8 Å². The number of carbonyl (C=O) groups excluding carboxylic acids is 2. The first kappa shape index (κ1) is 16.8. The van der Waals surface area contributed by atoms with Crippen LogP contribution in [0.1, 0.15) is 36.7 Å². The molecule has 1 aromatic carbocycles. The van der Waals surface area contributed by atoms with Crippen LogP contribution in [0.2, 0.25) is 0 Å². The monoisotopic (exact) mass is 291 g/mol. The third-order valence-corrected chi connectivity index (χ3v) is 2.43. The summed E-state index contributed by atoms with van der Waals surface area (Å²) < 4.78 is 9.83. The Kier molecular flexibility index (Phi) is 5.96. The van der Waals surface area contributed by atoms with Crippen LogP contribution in [0.4, 0.5) is 4.79 Å². The van der Waals surface area contributed by atoms with Crippen molar-refractivity contribution in [3.8, 4) is 0 Å². The van der Waals surface area contributed by atoms with E-state index in [1.54, 1.807) is 51.1 Å². The summed E-state index contributed by atoms with van der Waals surface area (Å²) in [7, 11) is 1.34. The van der Waals surface area contributed by atoms with Gasteiger partial charge in [-0.05, 0) is 32.4 Å². The maximum absolute atomic E-state index is 11.6. The normalized spacial score (nSPS) is 11.2. The minimum atomic E-state index is -0.523. The molecule has 0 saturated heterocycles. The molecule has 1 rings (SSSR count). The molecule has 5 heteroatoms. The van der Waals surface area contributed by atoms with E-state index >= 15 is 0 Å². The Hall–Kier alpha value is -2.30. The molecule has 0 aliphatic carbocycles. The second-order valence-electron chi connectivity index (χ2n) is 5.36. The highest BCUT2D eigenvalue weighted by atomic mass is 16.6. The van der Waals surface area contributed by atoms with Gasteiger partial charge in [0.25, 0.3) is 0 Å². The second kappa shape index (κ2) is 7.47. The van der Waals surface area contributed by atoms with Crippen LogP contribution in [0, 0.1) is 0 Å². The van der Waals surface area contributed by atoms with Gasteiger partial charge in [0.05, 0.1) is 12.7 Å². The van der Waals surface area contributed by atoms with Crippen LogP contribution in [-0.4, -0.2) is 31.3 Å². The quantitative estimate of drug-likeness (QED) is 0.866. The molecule has 0 aromatic heterocycles. The number of nitrogens with one attached hydrogen (secondary N) is 1. The number of benzene rings is 1. The number of carbonyl (C=O) groups is 2. The fourth-order valence-electron chi connectivity index (χ4n) is 1.58. The Morgan fingerprint density at radius 2 is 1.90 bits per heavy atom. The number of amides is 1. The summed E-state index contributed by atoms with van der Waals surface area (Å²) in [6.07, 6.45) is 3.02. The molecule has 21 heavy (non-hydrogen) atoms. The minimum Gasteiger partial charge on any atom is -0.465 e. The molecule has 1 aromatic rings. The van der Waals surface area contributed by atoms with Gasteiger partial charge in [-0.2, -0.15) is 0 Å². The van der Waals surface area contributed by atoms with Crippen molar-refractivity contribution in [3.63, 3.8) is 0 Å². The fraction of sp³-hybridized carbons (Fsp3) is 0.375. The number of rotatable bonds is 4. The van der Waals surface area contributed by atoms with Crippen molar-refractivity contribution in [2.24, 2.45) is 0 Å². The lowest BCUT2D eigenvalue weighted by Gasteiger charge is -2.19. The van der Waals surface area contributed by atoms with Gasteiger partial charge in [-0.15, -0.1) is 0 Å². The molecular formula is C16H21NO4. The van der Waals surface area contributed by atoms with Crippen molar-refractivity contribution in [2.75, 3.05) is 13.7 Å². The van der Waals surface area contributed by atoms with E-state index in [1.807, 2.05) is 6.07 Å². The summed E-state index contributed by atoms with van der Waals surface area (Å²) in [5, 5.41) is 2.61. The molecule has 0 radical (unpaired) electrons. The van der Waals surface area contributed by atoms with Crippen molar-refractivity contribution in [3.05, 3.63) is 41.5 Å². The Labute approximate surface area is 124 Å². The standard InChI is InChI=1S/C16H21NO4/c1-16(2,3)21-15(19)17-11-7-9-12-8-5-6-10-13(12)14(18)20-4/h5-10H,11H2,1-4H3,(H,17,19).